The zero-order chi connectivity index (χ0) is 17.0. The summed E-state index contributed by atoms with van der Waals surface area (Å²) in [5.74, 6) is -0.619. The van der Waals surface area contributed by atoms with Gasteiger partial charge in [0.15, 0.2) is 0 Å². The first kappa shape index (κ1) is 16.6. The molecule has 23 heavy (non-hydrogen) atoms. The Kier molecular flexibility index (Phi) is 4.74. The molecule has 0 aliphatic carbocycles. The molecule has 2 aromatic rings. The van der Waals surface area contributed by atoms with Gasteiger partial charge in [0.25, 0.3) is 5.91 Å². The highest BCUT2D eigenvalue weighted by molar-refractivity contribution is 5.90. The summed E-state index contributed by atoms with van der Waals surface area (Å²) >= 11 is 0. The third-order valence-electron chi connectivity index (χ3n) is 3.30. The second-order valence-electron chi connectivity index (χ2n) is 4.97. The van der Waals surface area contributed by atoms with Crippen LogP contribution in [0.1, 0.15) is 11.1 Å². The monoisotopic (exact) mass is 320 g/mol. The average molecular weight is 320 g/mol. The molecule has 0 aliphatic heterocycles. The number of halogens is 3. The Labute approximate surface area is 131 Å². The summed E-state index contributed by atoms with van der Waals surface area (Å²) in [7, 11) is 0. The number of primary amides is 1. The molecule has 0 fully saturated rings. The van der Waals surface area contributed by atoms with Gasteiger partial charge in [0.05, 0.1) is 11.3 Å². The van der Waals surface area contributed by atoms with Crippen LogP contribution in [0, 0.1) is 0 Å². The van der Waals surface area contributed by atoms with Crippen LogP contribution in [0.3, 0.4) is 0 Å². The van der Waals surface area contributed by atoms with Crippen LogP contribution in [0.2, 0.25) is 0 Å². The van der Waals surface area contributed by atoms with Crippen molar-refractivity contribution in [2.24, 2.45) is 5.73 Å². The number of carbonyl (C=O) groups is 1. The van der Waals surface area contributed by atoms with Crippen molar-refractivity contribution in [3.05, 3.63) is 71.9 Å². The van der Waals surface area contributed by atoms with Gasteiger partial charge >= 0.3 is 6.18 Å². The summed E-state index contributed by atoms with van der Waals surface area (Å²) in [6.07, 6.45) is -4.34. The first-order chi connectivity index (χ1) is 10.8. The second kappa shape index (κ2) is 6.56. The van der Waals surface area contributed by atoms with E-state index in [1.54, 1.807) is 12.1 Å². The minimum Gasteiger partial charge on any atom is -0.377 e. The highest BCUT2D eigenvalue weighted by Crippen LogP contribution is 2.31. The molecular formula is C17H15F3N2O. The SMILES string of the molecule is C=C(NCc1ccc(-c2ccc(C(F)(F)F)cc2)cc1)C(N)=O. The standard InChI is InChI=1S/C17H15F3N2O/c1-11(16(21)23)22-10-12-2-4-13(5-3-12)14-6-8-15(9-7-14)17(18,19)20/h2-9,22H,1,10H2,(H2,21,23). The van der Waals surface area contributed by atoms with E-state index < -0.39 is 17.6 Å². The minimum atomic E-state index is -4.34. The minimum absolute atomic E-state index is 0.122. The van der Waals surface area contributed by atoms with Gasteiger partial charge in [-0.05, 0) is 28.8 Å². The van der Waals surface area contributed by atoms with Gasteiger partial charge in [-0.25, -0.2) is 0 Å². The third kappa shape index (κ3) is 4.35. The molecule has 0 aliphatic rings. The maximum atomic E-state index is 12.5. The molecule has 0 unspecified atom stereocenters. The van der Waals surface area contributed by atoms with E-state index in [-0.39, 0.29) is 5.70 Å². The molecule has 0 atom stereocenters. The van der Waals surface area contributed by atoms with Crippen LogP contribution >= 0.6 is 0 Å². The van der Waals surface area contributed by atoms with Crippen molar-refractivity contribution < 1.29 is 18.0 Å². The number of rotatable bonds is 5. The number of alkyl halides is 3. The van der Waals surface area contributed by atoms with Crippen molar-refractivity contribution in [1.82, 2.24) is 5.32 Å². The molecule has 2 rings (SSSR count). The Hall–Kier alpha value is -2.76. The maximum Gasteiger partial charge on any atom is 0.416 e. The van der Waals surface area contributed by atoms with Crippen molar-refractivity contribution in [2.75, 3.05) is 0 Å². The zero-order valence-electron chi connectivity index (χ0n) is 12.2. The lowest BCUT2D eigenvalue weighted by molar-refractivity contribution is -0.137. The zero-order valence-corrected chi connectivity index (χ0v) is 12.2. The Balaban J connectivity index is 2.07. The van der Waals surface area contributed by atoms with Crippen LogP contribution in [-0.2, 0) is 17.5 Å². The van der Waals surface area contributed by atoms with Crippen molar-refractivity contribution in [3.8, 4) is 11.1 Å². The molecule has 0 spiro atoms. The fourth-order valence-corrected chi connectivity index (χ4v) is 1.96. The van der Waals surface area contributed by atoms with Crippen molar-refractivity contribution in [3.63, 3.8) is 0 Å². The molecule has 3 nitrogen and oxygen atoms in total. The largest absolute Gasteiger partial charge is 0.416 e. The van der Waals surface area contributed by atoms with E-state index in [2.05, 4.69) is 11.9 Å². The second-order valence-corrected chi connectivity index (χ2v) is 4.97. The topological polar surface area (TPSA) is 55.1 Å². The van der Waals surface area contributed by atoms with E-state index in [4.69, 9.17) is 5.73 Å². The molecule has 0 aromatic heterocycles. The normalized spacial score (nSPS) is 11.1. The Morgan fingerprint density at radius 3 is 1.91 bits per heavy atom. The molecule has 3 N–H and O–H groups in total. The molecule has 6 heteroatoms. The van der Waals surface area contributed by atoms with Gasteiger partial charge in [-0.3, -0.25) is 4.79 Å². The molecule has 1 amide bonds. The molecule has 0 saturated heterocycles. The van der Waals surface area contributed by atoms with Crippen LogP contribution in [-0.4, -0.2) is 5.91 Å². The Morgan fingerprint density at radius 1 is 1.00 bits per heavy atom. The summed E-state index contributed by atoms with van der Waals surface area (Å²) < 4.78 is 37.6. The number of nitrogens with two attached hydrogens (primary N) is 1. The molecule has 2 aromatic carbocycles. The number of nitrogens with one attached hydrogen (secondary N) is 1. The predicted molar refractivity (Wildman–Crippen MR) is 82.1 cm³/mol. The molecule has 120 valence electrons. The first-order valence-electron chi connectivity index (χ1n) is 6.76. The molecule has 0 radical (unpaired) electrons. The van der Waals surface area contributed by atoms with Gasteiger partial charge in [-0.2, -0.15) is 13.2 Å². The third-order valence-corrected chi connectivity index (χ3v) is 3.30. The fourth-order valence-electron chi connectivity index (χ4n) is 1.96. The first-order valence-corrected chi connectivity index (χ1v) is 6.76. The van der Waals surface area contributed by atoms with Crippen molar-refractivity contribution >= 4 is 5.91 Å². The number of benzene rings is 2. The molecular weight excluding hydrogens is 305 g/mol. The van der Waals surface area contributed by atoms with E-state index >= 15 is 0 Å². The fraction of sp³-hybridized carbons (Fsp3) is 0.118. The molecule has 0 heterocycles. The van der Waals surface area contributed by atoms with Gasteiger partial charge in [-0.1, -0.05) is 43.0 Å². The smallest absolute Gasteiger partial charge is 0.377 e. The van der Waals surface area contributed by atoms with Crippen LogP contribution in [0.15, 0.2) is 60.8 Å². The lowest BCUT2D eigenvalue weighted by Crippen LogP contribution is -2.24. The van der Waals surface area contributed by atoms with Crippen LogP contribution < -0.4 is 11.1 Å². The van der Waals surface area contributed by atoms with Gasteiger partial charge in [0, 0.05) is 6.54 Å². The number of amides is 1. The predicted octanol–water partition coefficient (Wildman–Crippen LogP) is 3.46. The maximum absolute atomic E-state index is 12.5. The van der Waals surface area contributed by atoms with Crippen LogP contribution in [0.4, 0.5) is 13.2 Å². The summed E-state index contributed by atoms with van der Waals surface area (Å²) in [5.41, 5.74) is 6.90. The van der Waals surface area contributed by atoms with E-state index in [9.17, 15) is 18.0 Å². The number of hydrogen-bond acceptors (Lipinski definition) is 2. The van der Waals surface area contributed by atoms with E-state index in [0.717, 1.165) is 23.3 Å². The highest BCUT2D eigenvalue weighted by Gasteiger charge is 2.29. The lowest BCUT2D eigenvalue weighted by Gasteiger charge is -2.09. The molecule has 0 bridgehead atoms. The average Bonchev–Trinajstić information content (AvgIpc) is 2.52. The molecule has 0 saturated carbocycles. The van der Waals surface area contributed by atoms with Crippen LogP contribution in [0.5, 0.6) is 0 Å². The van der Waals surface area contributed by atoms with E-state index in [1.165, 1.54) is 12.1 Å². The van der Waals surface area contributed by atoms with Crippen molar-refractivity contribution in [1.29, 1.82) is 0 Å². The highest BCUT2D eigenvalue weighted by atomic mass is 19.4. The van der Waals surface area contributed by atoms with Gasteiger partial charge in [0.2, 0.25) is 0 Å². The summed E-state index contributed by atoms with van der Waals surface area (Å²) in [4.78, 5) is 10.8. The summed E-state index contributed by atoms with van der Waals surface area (Å²) in [5, 5.41) is 2.79. The quantitative estimate of drug-likeness (QED) is 0.829. The Bertz CT molecular complexity index is 704. The number of hydrogen-bond donors (Lipinski definition) is 2. The summed E-state index contributed by atoms with van der Waals surface area (Å²) in [6.45, 7) is 3.87. The van der Waals surface area contributed by atoms with Gasteiger partial charge in [0.1, 0.15) is 0 Å². The van der Waals surface area contributed by atoms with Gasteiger partial charge < -0.3 is 11.1 Å². The summed E-state index contributed by atoms with van der Waals surface area (Å²) in [6, 6.07) is 12.2. The van der Waals surface area contributed by atoms with Crippen LogP contribution in [0.25, 0.3) is 11.1 Å². The lowest BCUT2D eigenvalue weighted by atomic mass is 10.0. The Morgan fingerprint density at radius 2 is 1.48 bits per heavy atom. The van der Waals surface area contributed by atoms with E-state index in [0.29, 0.717) is 12.1 Å². The number of carbonyl (C=O) groups excluding carboxylic acids is 1. The van der Waals surface area contributed by atoms with Crippen molar-refractivity contribution in [2.45, 2.75) is 12.7 Å². The van der Waals surface area contributed by atoms with E-state index in [1.807, 2.05) is 12.1 Å². The van der Waals surface area contributed by atoms with Gasteiger partial charge in [-0.15, -0.1) is 0 Å².